The van der Waals surface area contributed by atoms with Gasteiger partial charge >= 0.3 is 0 Å². The van der Waals surface area contributed by atoms with Crippen molar-refractivity contribution in [3.8, 4) is 0 Å². The zero-order valence-electron chi connectivity index (χ0n) is 8.74. The Labute approximate surface area is 96.6 Å². The van der Waals surface area contributed by atoms with Gasteiger partial charge in [0.05, 0.1) is 5.54 Å². The van der Waals surface area contributed by atoms with E-state index in [4.69, 9.17) is 5.73 Å². The molecule has 0 aliphatic carbocycles. The van der Waals surface area contributed by atoms with E-state index in [1.165, 1.54) is 0 Å². The second kappa shape index (κ2) is 3.57. The second-order valence-corrected chi connectivity index (χ2v) is 4.79. The third-order valence-corrected chi connectivity index (χ3v) is 3.08. The predicted molar refractivity (Wildman–Crippen MR) is 62.5 cm³/mol. The molecule has 80 valence electrons. The van der Waals surface area contributed by atoms with E-state index in [-0.39, 0.29) is 0 Å². The van der Waals surface area contributed by atoms with Gasteiger partial charge in [-0.3, -0.25) is 4.40 Å². The molecule has 0 bridgehead atoms. The van der Waals surface area contributed by atoms with E-state index in [0.29, 0.717) is 0 Å². The highest BCUT2D eigenvalue weighted by atomic mass is 79.9. The monoisotopic (exact) mass is 268 g/mol. The van der Waals surface area contributed by atoms with Crippen LogP contribution in [-0.2, 0) is 5.54 Å². The van der Waals surface area contributed by atoms with Gasteiger partial charge in [0.2, 0.25) is 0 Å². The summed E-state index contributed by atoms with van der Waals surface area (Å²) >= 11 is 3.42. The molecule has 0 aromatic carbocycles. The average Bonchev–Trinajstić information content (AvgIpc) is 2.61. The first-order valence-electron chi connectivity index (χ1n) is 4.84. The lowest BCUT2D eigenvalue weighted by molar-refractivity contribution is 0.441. The van der Waals surface area contributed by atoms with Gasteiger partial charge < -0.3 is 5.73 Å². The smallest absolute Gasteiger partial charge is 0.160 e. The SMILES string of the molecule is CCC(C)(N)c1nnc2ccc(Br)cn12. The van der Waals surface area contributed by atoms with Crippen molar-refractivity contribution in [1.82, 2.24) is 14.6 Å². The van der Waals surface area contributed by atoms with E-state index in [1.54, 1.807) is 0 Å². The summed E-state index contributed by atoms with van der Waals surface area (Å²) in [6.45, 7) is 4.00. The fraction of sp³-hybridized carbons (Fsp3) is 0.400. The molecule has 2 aromatic rings. The van der Waals surface area contributed by atoms with E-state index >= 15 is 0 Å². The number of hydrogen-bond acceptors (Lipinski definition) is 3. The van der Waals surface area contributed by atoms with Crippen molar-refractivity contribution < 1.29 is 0 Å². The largest absolute Gasteiger partial charge is 0.319 e. The van der Waals surface area contributed by atoms with Crippen LogP contribution in [0.5, 0.6) is 0 Å². The zero-order chi connectivity index (χ0) is 11.1. The topological polar surface area (TPSA) is 56.2 Å². The molecule has 1 atom stereocenters. The lowest BCUT2D eigenvalue weighted by Crippen LogP contribution is -2.34. The minimum absolute atomic E-state index is 0.444. The van der Waals surface area contributed by atoms with Crippen LogP contribution in [0.3, 0.4) is 0 Å². The number of nitrogens with two attached hydrogens (primary N) is 1. The Hall–Kier alpha value is -0.940. The van der Waals surface area contributed by atoms with Crippen molar-refractivity contribution in [2.24, 2.45) is 5.73 Å². The molecule has 0 radical (unpaired) electrons. The fourth-order valence-corrected chi connectivity index (χ4v) is 1.75. The quantitative estimate of drug-likeness (QED) is 0.908. The van der Waals surface area contributed by atoms with Gasteiger partial charge in [0.1, 0.15) is 0 Å². The number of rotatable bonds is 2. The van der Waals surface area contributed by atoms with Gasteiger partial charge in [-0.2, -0.15) is 0 Å². The average molecular weight is 269 g/mol. The van der Waals surface area contributed by atoms with Crippen molar-refractivity contribution in [3.63, 3.8) is 0 Å². The molecule has 0 aliphatic heterocycles. The van der Waals surface area contributed by atoms with Gasteiger partial charge in [-0.05, 0) is 41.4 Å². The van der Waals surface area contributed by atoms with Crippen molar-refractivity contribution in [1.29, 1.82) is 0 Å². The molecule has 0 spiro atoms. The van der Waals surface area contributed by atoms with Gasteiger partial charge in [0, 0.05) is 10.7 Å². The molecule has 1 unspecified atom stereocenters. The Balaban J connectivity index is 2.67. The molecular formula is C10H13BrN4. The summed E-state index contributed by atoms with van der Waals surface area (Å²) in [5.41, 5.74) is 6.53. The van der Waals surface area contributed by atoms with E-state index in [9.17, 15) is 0 Å². The molecule has 4 nitrogen and oxygen atoms in total. The van der Waals surface area contributed by atoms with Crippen molar-refractivity contribution in [3.05, 3.63) is 28.6 Å². The van der Waals surface area contributed by atoms with Crippen LogP contribution in [0.1, 0.15) is 26.1 Å². The maximum absolute atomic E-state index is 6.16. The van der Waals surface area contributed by atoms with E-state index < -0.39 is 5.54 Å². The van der Waals surface area contributed by atoms with Crippen LogP contribution in [0.2, 0.25) is 0 Å². The molecule has 2 heterocycles. The highest BCUT2D eigenvalue weighted by Gasteiger charge is 2.24. The van der Waals surface area contributed by atoms with E-state index in [0.717, 1.165) is 22.4 Å². The molecule has 0 amide bonds. The standard InChI is InChI=1S/C10H13BrN4/c1-3-10(2,12)9-14-13-8-5-4-7(11)6-15(8)9/h4-6H,3,12H2,1-2H3. The zero-order valence-corrected chi connectivity index (χ0v) is 10.3. The summed E-state index contributed by atoms with van der Waals surface area (Å²) in [6, 6.07) is 3.85. The van der Waals surface area contributed by atoms with Gasteiger partial charge in [-0.15, -0.1) is 10.2 Å². The van der Waals surface area contributed by atoms with Crippen LogP contribution in [0.25, 0.3) is 5.65 Å². The summed E-state index contributed by atoms with van der Waals surface area (Å²) < 4.78 is 2.91. The highest BCUT2D eigenvalue weighted by molar-refractivity contribution is 9.10. The third-order valence-electron chi connectivity index (χ3n) is 2.61. The molecule has 0 saturated carbocycles. The molecule has 0 saturated heterocycles. The number of aromatic nitrogens is 3. The molecular weight excluding hydrogens is 256 g/mol. The lowest BCUT2D eigenvalue weighted by atomic mass is 10.00. The Morgan fingerprint density at radius 1 is 1.47 bits per heavy atom. The fourth-order valence-electron chi connectivity index (χ4n) is 1.41. The molecule has 5 heteroatoms. The summed E-state index contributed by atoms with van der Waals surface area (Å²) in [5, 5.41) is 8.23. The Bertz CT molecular complexity index is 489. The van der Waals surface area contributed by atoms with Gasteiger partial charge in [-0.25, -0.2) is 0 Å². The van der Waals surface area contributed by atoms with Crippen LogP contribution < -0.4 is 5.73 Å². The molecule has 2 rings (SSSR count). The summed E-state index contributed by atoms with van der Waals surface area (Å²) in [7, 11) is 0. The summed E-state index contributed by atoms with van der Waals surface area (Å²) in [6.07, 6.45) is 2.76. The van der Waals surface area contributed by atoms with Crippen LogP contribution in [0, 0.1) is 0 Å². The minimum atomic E-state index is -0.444. The maximum atomic E-state index is 6.16. The normalized spacial score (nSPS) is 15.5. The molecule has 15 heavy (non-hydrogen) atoms. The number of nitrogens with zero attached hydrogens (tertiary/aromatic N) is 3. The molecule has 2 aromatic heterocycles. The van der Waals surface area contributed by atoms with Gasteiger partial charge in [0.25, 0.3) is 0 Å². The Morgan fingerprint density at radius 3 is 2.87 bits per heavy atom. The highest BCUT2D eigenvalue weighted by Crippen LogP contribution is 2.21. The Morgan fingerprint density at radius 2 is 2.20 bits per heavy atom. The second-order valence-electron chi connectivity index (χ2n) is 3.87. The maximum Gasteiger partial charge on any atom is 0.160 e. The number of hydrogen-bond donors (Lipinski definition) is 1. The number of fused-ring (bicyclic) bond motifs is 1. The van der Waals surface area contributed by atoms with Crippen molar-refractivity contribution in [2.75, 3.05) is 0 Å². The first kappa shape index (κ1) is 10.6. The summed E-state index contributed by atoms with van der Waals surface area (Å²) in [4.78, 5) is 0. The van der Waals surface area contributed by atoms with Crippen LogP contribution in [0.4, 0.5) is 0 Å². The van der Waals surface area contributed by atoms with Gasteiger partial charge in [0.15, 0.2) is 11.5 Å². The summed E-state index contributed by atoms with van der Waals surface area (Å²) in [5.74, 6) is 0.793. The van der Waals surface area contributed by atoms with Crippen LogP contribution in [0.15, 0.2) is 22.8 Å². The molecule has 0 aliphatic rings. The predicted octanol–water partition coefficient (Wildman–Crippen LogP) is 2.08. The van der Waals surface area contributed by atoms with E-state index in [1.807, 2.05) is 36.6 Å². The minimum Gasteiger partial charge on any atom is -0.319 e. The first-order chi connectivity index (χ1) is 7.04. The van der Waals surface area contributed by atoms with E-state index in [2.05, 4.69) is 26.1 Å². The molecule has 2 N–H and O–H groups in total. The lowest BCUT2D eigenvalue weighted by Gasteiger charge is -2.20. The number of pyridine rings is 1. The van der Waals surface area contributed by atoms with Gasteiger partial charge in [-0.1, -0.05) is 6.92 Å². The number of halogens is 1. The first-order valence-corrected chi connectivity index (χ1v) is 5.63. The Kier molecular flexibility index (Phi) is 2.52. The van der Waals surface area contributed by atoms with Crippen LogP contribution >= 0.6 is 15.9 Å². The van der Waals surface area contributed by atoms with Crippen molar-refractivity contribution >= 4 is 21.6 Å². The third kappa shape index (κ3) is 1.77. The molecule has 0 fully saturated rings. The van der Waals surface area contributed by atoms with Crippen molar-refractivity contribution in [2.45, 2.75) is 25.8 Å². The van der Waals surface area contributed by atoms with Crippen LogP contribution in [-0.4, -0.2) is 14.6 Å².